The molecule has 1 heterocycles. The van der Waals surface area contributed by atoms with Gasteiger partial charge in [-0.25, -0.2) is 9.45 Å². The maximum Gasteiger partial charge on any atom is 0.305 e. The molecular weight excluding hydrogens is 413 g/mol. The summed E-state index contributed by atoms with van der Waals surface area (Å²) in [5, 5.41) is 41.2. The number of halogens is 1. The number of nitrogens with zero attached hydrogens (tertiary/aromatic N) is 1. The predicted octanol–water partition coefficient (Wildman–Crippen LogP) is 4.00. The summed E-state index contributed by atoms with van der Waals surface area (Å²) < 4.78 is 13.6. The molecule has 0 aromatic heterocycles. The molecule has 7 heteroatoms. The van der Waals surface area contributed by atoms with Crippen LogP contribution in [-0.2, 0) is 4.79 Å². The molecule has 0 aliphatic carbocycles. The Morgan fingerprint density at radius 2 is 1.78 bits per heavy atom. The minimum atomic E-state index is -1.18. The summed E-state index contributed by atoms with van der Waals surface area (Å²) in [5.41, 5.74) is 3.68. The number of hydrogen-bond acceptors (Lipinski definition) is 5. The molecule has 3 atom stereocenters. The lowest BCUT2D eigenvalue weighted by atomic mass is 9.81. The van der Waals surface area contributed by atoms with Gasteiger partial charge in [0.25, 0.3) is 0 Å². The maximum absolute atomic E-state index is 13.6. The normalized spacial score (nSPS) is 18.2. The second-order valence-electron chi connectivity index (χ2n) is 8.30. The molecule has 0 spiro atoms. The molecule has 0 saturated heterocycles. The third-order valence-corrected chi connectivity index (χ3v) is 5.48. The van der Waals surface area contributed by atoms with Crippen LogP contribution in [0.15, 0.2) is 66.3 Å². The zero-order chi connectivity index (χ0) is 23.4. The van der Waals surface area contributed by atoms with Gasteiger partial charge in [-0.2, -0.15) is 0 Å². The van der Waals surface area contributed by atoms with Crippen LogP contribution in [0.2, 0.25) is 0 Å². The number of hydrogen-bond donors (Lipinski definition) is 4. The Hall–Kier alpha value is -3.00. The molecular formula is C25H28FNO5. The first-order valence-corrected chi connectivity index (χ1v) is 10.5. The van der Waals surface area contributed by atoms with Crippen molar-refractivity contribution in [3.63, 3.8) is 0 Å². The van der Waals surface area contributed by atoms with Gasteiger partial charge in [-0.3, -0.25) is 10.0 Å². The summed E-state index contributed by atoms with van der Waals surface area (Å²) in [6, 6.07) is 13.0. The number of aliphatic carboxylic acids is 1. The summed E-state index contributed by atoms with van der Waals surface area (Å²) in [6.45, 7) is 3.93. The number of anilines is 1. The lowest BCUT2D eigenvalue weighted by molar-refractivity contribution is -0.139. The van der Waals surface area contributed by atoms with Crippen molar-refractivity contribution in [1.29, 1.82) is 0 Å². The third-order valence-electron chi connectivity index (χ3n) is 5.48. The molecule has 3 rings (SSSR count). The number of carbonyl (C=O) groups is 1. The van der Waals surface area contributed by atoms with Crippen LogP contribution in [0.3, 0.4) is 0 Å². The van der Waals surface area contributed by atoms with Gasteiger partial charge in [0, 0.05) is 12.0 Å². The Bertz CT molecular complexity index is 1020. The fraction of sp³-hybridized carbons (Fsp3) is 0.320. The summed E-state index contributed by atoms with van der Waals surface area (Å²) >= 11 is 0. The molecule has 1 aliphatic heterocycles. The smallest absolute Gasteiger partial charge is 0.305 e. The quantitative estimate of drug-likeness (QED) is 0.494. The highest BCUT2D eigenvalue weighted by Gasteiger charge is 2.34. The van der Waals surface area contributed by atoms with Gasteiger partial charge in [0.1, 0.15) is 5.82 Å². The molecule has 0 saturated carbocycles. The van der Waals surface area contributed by atoms with Gasteiger partial charge in [0.05, 0.1) is 30.4 Å². The van der Waals surface area contributed by atoms with Crippen molar-refractivity contribution in [1.82, 2.24) is 0 Å². The second kappa shape index (κ2) is 10.1. The van der Waals surface area contributed by atoms with Crippen molar-refractivity contribution in [3.8, 4) is 0 Å². The van der Waals surface area contributed by atoms with Crippen LogP contribution in [0.5, 0.6) is 0 Å². The van der Waals surface area contributed by atoms with Gasteiger partial charge in [-0.05, 0) is 40.8 Å². The summed E-state index contributed by atoms with van der Waals surface area (Å²) in [5.74, 6) is -1.52. The predicted molar refractivity (Wildman–Crippen MR) is 120 cm³/mol. The first-order chi connectivity index (χ1) is 15.2. The molecule has 0 fully saturated rings. The lowest BCUT2D eigenvalue weighted by Gasteiger charge is -2.39. The Kier molecular flexibility index (Phi) is 7.45. The van der Waals surface area contributed by atoms with Crippen LogP contribution in [0.25, 0.3) is 5.57 Å². The summed E-state index contributed by atoms with van der Waals surface area (Å²) in [4.78, 5) is 10.8. The van der Waals surface area contributed by atoms with Crippen molar-refractivity contribution in [2.75, 3.05) is 5.06 Å². The molecule has 0 amide bonds. The molecule has 2 aromatic rings. The lowest BCUT2D eigenvalue weighted by Crippen LogP contribution is -2.41. The summed E-state index contributed by atoms with van der Waals surface area (Å²) in [7, 11) is 0. The fourth-order valence-corrected chi connectivity index (χ4v) is 4.09. The fourth-order valence-electron chi connectivity index (χ4n) is 4.09. The highest BCUT2D eigenvalue weighted by molar-refractivity contribution is 5.92. The van der Waals surface area contributed by atoms with Crippen LogP contribution in [-0.4, -0.2) is 44.7 Å². The van der Waals surface area contributed by atoms with Crippen molar-refractivity contribution >= 4 is 17.2 Å². The number of aliphatic hydroxyl groups excluding tert-OH is 2. The van der Waals surface area contributed by atoms with Gasteiger partial charge in [0.2, 0.25) is 0 Å². The number of para-hydroxylation sites is 1. The largest absolute Gasteiger partial charge is 0.481 e. The number of aliphatic hydroxyl groups is 2. The second-order valence-corrected chi connectivity index (χ2v) is 8.30. The minimum absolute atomic E-state index is 0.0156. The van der Waals surface area contributed by atoms with E-state index < -0.39 is 30.6 Å². The van der Waals surface area contributed by atoms with Crippen molar-refractivity contribution in [2.24, 2.45) is 5.92 Å². The Morgan fingerprint density at radius 1 is 1.12 bits per heavy atom. The average Bonchev–Trinajstić information content (AvgIpc) is 2.72. The molecule has 1 unspecified atom stereocenters. The molecule has 0 radical (unpaired) electrons. The maximum atomic E-state index is 13.6. The minimum Gasteiger partial charge on any atom is -0.481 e. The van der Waals surface area contributed by atoms with Crippen LogP contribution >= 0.6 is 0 Å². The average molecular weight is 441 g/mol. The number of benzene rings is 2. The standard InChI is InChI=1S/C25H28FNO5/c1-15(2)25-21(12-11-18(28)13-19(29)14-23(30)31)24(16-7-9-17(26)10-8-16)20-5-3-4-6-22(20)27(25)32/h3-12,15,18-19,25,28-29,32H,13-14H2,1-2H3,(H,30,31)/t18-,19-,25?/m1/s1. The Labute approximate surface area is 186 Å². The van der Waals surface area contributed by atoms with E-state index in [9.17, 15) is 24.6 Å². The number of hydroxylamine groups is 1. The van der Waals surface area contributed by atoms with Crippen LogP contribution in [0, 0.1) is 11.7 Å². The van der Waals surface area contributed by atoms with E-state index in [1.165, 1.54) is 23.3 Å². The number of carboxylic acid groups (broad SMARTS) is 1. The van der Waals surface area contributed by atoms with Crippen molar-refractivity contribution < 1.29 is 29.7 Å². The first-order valence-electron chi connectivity index (χ1n) is 10.5. The van der Waals surface area contributed by atoms with Crippen LogP contribution in [0.1, 0.15) is 37.8 Å². The van der Waals surface area contributed by atoms with E-state index in [-0.39, 0.29) is 18.2 Å². The Morgan fingerprint density at radius 3 is 2.41 bits per heavy atom. The molecule has 2 aromatic carbocycles. The Balaban J connectivity index is 2.10. The van der Waals surface area contributed by atoms with Gasteiger partial charge in [-0.1, -0.05) is 56.3 Å². The molecule has 0 bridgehead atoms. The SMILES string of the molecule is CC(C)C1C(C=C[C@@H](O)C[C@@H](O)CC(=O)O)=C(c2ccc(F)cc2)c2ccccc2N1O. The van der Waals surface area contributed by atoms with Gasteiger partial charge < -0.3 is 15.3 Å². The highest BCUT2D eigenvalue weighted by atomic mass is 19.1. The summed E-state index contributed by atoms with van der Waals surface area (Å²) in [6.07, 6.45) is 0.333. The van der Waals surface area contributed by atoms with E-state index in [2.05, 4.69) is 0 Å². The monoisotopic (exact) mass is 441 g/mol. The van der Waals surface area contributed by atoms with Crippen LogP contribution < -0.4 is 5.06 Å². The van der Waals surface area contributed by atoms with Crippen molar-refractivity contribution in [3.05, 3.63) is 83.2 Å². The van der Waals surface area contributed by atoms with E-state index >= 15 is 0 Å². The van der Waals surface area contributed by atoms with E-state index in [1.807, 2.05) is 38.1 Å². The van der Waals surface area contributed by atoms with Gasteiger partial charge >= 0.3 is 5.97 Å². The number of rotatable bonds is 8. The number of carboxylic acids is 1. The topological polar surface area (TPSA) is 101 Å². The molecule has 1 aliphatic rings. The van der Waals surface area contributed by atoms with Crippen molar-refractivity contribution in [2.45, 2.75) is 44.9 Å². The third kappa shape index (κ3) is 5.24. The zero-order valence-corrected chi connectivity index (χ0v) is 18.0. The molecule has 32 heavy (non-hydrogen) atoms. The molecule has 170 valence electrons. The zero-order valence-electron chi connectivity index (χ0n) is 18.0. The first kappa shape index (κ1) is 23.7. The van der Waals surface area contributed by atoms with Gasteiger partial charge in [-0.15, -0.1) is 0 Å². The number of fused-ring (bicyclic) bond motifs is 1. The van der Waals surface area contributed by atoms with E-state index in [1.54, 1.807) is 18.2 Å². The molecule has 4 N–H and O–H groups in total. The van der Waals surface area contributed by atoms with Gasteiger partial charge in [0.15, 0.2) is 0 Å². The van der Waals surface area contributed by atoms with E-state index in [0.29, 0.717) is 5.69 Å². The van der Waals surface area contributed by atoms with E-state index in [4.69, 9.17) is 5.11 Å². The van der Waals surface area contributed by atoms with E-state index in [0.717, 1.165) is 22.3 Å². The highest BCUT2D eigenvalue weighted by Crippen LogP contribution is 2.43. The van der Waals surface area contributed by atoms with Crippen LogP contribution in [0.4, 0.5) is 10.1 Å². The molecule has 6 nitrogen and oxygen atoms in total.